The Hall–Kier alpha value is -3.60. The van der Waals surface area contributed by atoms with E-state index in [2.05, 4.69) is 47.4 Å². The molecule has 0 saturated heterocycles. The molecule has 0 spiro atoms. The number of allylic oxidation sites excluding steroid dienone is 4. The van der Waals surface area contributed by atoms with Crippen LogP contribution in [0.2, 0.25) is 0 Å². The molecule has 0 aromatic rings. The van der Waals surface area contributed by atoms with Gasteiger partial charge in [-0.25, -0.2) is 0 Å². The fourth-order valence-corrected chi connectivity index (χ4v) is 2.83. The van der Waals surface area contributed by atoms with Gasteiger partial charge in [0.15, 0.2) is 0 Å². The van der Waals surface area contributed by atoms with Gasteiger partial charge in [0, 0.05) is 25.7 Å². The first-order chi connectivity index (χ1) is 14.2. The molecule has 30 heavy (non-hydrogen) atoms. The summed E-state index contributed by atoms with van der Waals surface area (Å²) in [5.74, 6) is 21.3. The summed E-state index contributed by atoms with van der Waals surface area (Å²) >= 11 is 0. The van der Waals surface area contributed by atoms with Crippen molar-refractivity contribution in [1.29, 1.82) is 0 Å². The van der Waals surface area contributed by atoms with Crippen molar-refractivity contribution in [3.05, 3.63) is 24.3 Å². The fourth-order valence-electron chi connectivity index (χ4n) is 2.83. The highest BCUT2D eigenvalue weighted by molar-refractivity contribution is 6.06. The summed E-state index contributed by atoms with van der Waals surface area (Å²) in [6.07, 6.45) is 6.24. The molecule has 152 valence electrons. The Morgan fingerprint density at radius 2 is 0.700 bits per heavy atom. The molecule has 1 aliphatic rings. The second-order valence-corrected chi connectivity index (χ2v) is 7.05. The van der Waals surface area contributed by atoms with E-state index in [0.717, 1.165) is 0 Å². The third kappa shape index (κ3) is 6.21. The number of rotatable bonds is 4. The maximum absolute atomic E-state index is 12.2. The Balaban J connectivity index is 3.34. The van der Waals surface area contributed by atoms with Gasteiger partial charge in [0.05, 0.1) is 0 Å². The molecular formula is C26H24O4. The molecule has 0 heterocycles. The Labute approximate surface area is 178 Å². The average molecular weight is 400 g/mol. The molecule has 0 aromatic heterocycles. The first-order valence-corrected chi connectivity index (χ1v) is 9.47. The van der Waals surface area contributed by atoms with Gasteiger partial charge in [0.2, 0.25) is 0 Å². The molecule has 1 aliphatic carbocycles. The summed E-state index contributed by atoms with van der Waals surface area (Å²) in [7, 11) is 0. The van der Waals surface area contributed by atoms with Gasteiger partial charge in [-0.2, -0.15) is 0 Å². The minimum Gasteiger partial charge on any atom is -0.299 e. The minimum absolute atomic E-state index is 0.0609. The maximum atomic E-state index is 12.2. The fraction of sp³-hybridized carbons (Fsp3) is 0.385. The highest BCUT2D eigenvalue weighted by Crippen LogP contribution is 2.29. The van der Waals surface area contributed by atoms with Gasteiger partial charge >= 0.3 is 0 Å². The Kier molecular flexibility index (Phi) is 9.30. The molecule has 0 aromatic carbocycles. The standard InChI is InChI=1S/C26H24O4/c1-21(27)25(22(2)28)17-13-9-5-7-11-15-19-26(23(3)29,24(4)30)20-16-12-8-6-10-14-18-25/h5-8H,17-20H2,1-4H3/b7-5+,8-6+. The lowest BCUT2D eigenvalue weighted by molar-refractivity contribution is -0.139. The molecule has 0 N–H and O–H groups in total. The number of ketones is 4. The van der Waals surface area contributed by atoms with Gasteiger partial charge in [-0.05, 0) is 52.0 Å². The van der Waals surface area contributed by atoms with Crippen LogP contribution in [0.4, 0.5) is 0 Å². The summed E-state index contributed by atoms with van der Waals surface area (Å²) in [4.78, 5) is 48.7. The topological polar surface area (TPSA) is 68.3 Å². The summed E-state index contributed by atoms with van der Waals surface area (Å²) < 4.78 is 0. The first-order valence-electron chi connectivity index (χ1n) is 9.47. The molecule has 4 nitrogen and oxygen atoms in total. The van der Waals surface area contributed by atoms with E-state index in [1.807, 2.05) is 0 Å². The van der Waals surface area contributed by atoms with Crippen LogP contribution in [0.25, 0.3) is 0 Å². The van der Waals surface area contributed by atoms with Crippen molar-refractivity contribution in [3.8, 4) is 47.4 Å². The second-order valence-electron chi connectivity index (χ2n) is 7.05. The summed E-state index contributed by atoms with van der Waals surface area (Å²) in [5.41, 5.74) is -2.51. The number of Topliss-reactive ketones (excluding diaryl/α,β-unsaturated/α-hetero) is 4. The first kappa shape index (κ1) is 24.4. The summed E-state index contributed by atoms with van der Waals surface area (Å²) in [6, 6.07) is 0. The normalized spacial score (nSPS) is 19.1. The van der Waals surface area contributed by atoms with Crippen LogP contribution in [0.15, 0.2) is 24.3 Å². The summed E-state index contributed by atoms with van der Waals surface area (Å²) in [6.45, 7) is 5.48. The van der Waals surface area contributed by atoms with E-state index < -0.39 is 10.8 Å². The van der Waals surface area contributed by atoms with Crippen LogP contribution >= 0.6 is 0 Å². The quantitative estimate of drug-likeness (QED) is 0.537. The number of hydrogen-bond donors (Lipinski definition) is 0. The number of carbonyl (C=O) groups excluding carboxylic acids is 4. The minimum atomic E-state index is -1.26. The highest BCUT2D eigenvalue weighted by Gasteiger charge is 2.39. The molecule has 1 rings (SSSR count). The van der Waals surface area contributed by atoms with Gasteiger partial charge < -0.3 is 0 Å². The van der Waals surface area contributed by atoms with Crippen molar-refractivity contribution in [2.24, 2.45) is 10.8 Å². The molecule has 0 saturated carbocycles. The summed E-state index contributed by atoms with van der Waals surface area (Å²) in [5, 5.41) is 0. The third-order valence-corrected chi connectivity index (χ3v) is 5.16. The van der Waals surface area contributed by atoms with E-state index in [1.54, 1.807) is 0 Å². The van der Waals surface area contributed by atoms with Crippen LogP contribution in [0.3, 0.4) is 0 Å². The van der Waals surface area contributed by atoms with Crippen molar-refractivity contribution in [2.75, 3.05) is 0 Å². The van der Waals surface area contributed by atoms with Crippen molar-refractivity contribution < 1.29 is 19.2 Å². The van der Waals surface area contributed by atoms with Crippen molar-refractivity contribution in [1.82, 2.24) is 0 Å². The van der Waals surface area contributed by atoms with Gasteiger partial charge in [-0.3, -0.25) is 19.2 Å². The Morgan fingerprint density at radius 1 is 0.500 bits per heavy atom. The zero-order chi connectivity index (χ0) is 22.6. The Morgan fingerprint density at radius 3 is 0.867 bits per heavy atom. The van der Waals surface area contributed by atoms with Crippen molar-refractivity contribution in [2.45, 2.75) is 53.4 Å². The van der Waals surface area contributed by atoms with E-state index in [1.165, 1.54) is 52.0 Å². The van der Waals surface area contributed by atoms with Gasteiger partial charge in [-0.1, -0.05) is 47.4 Å². The zero-order valence-electron chi connectivity index (χ0n) is 17.8. The van der Waals surface area contributed by atoms with Gasteiger partial charge in [0.25, 0.3) is 0 Å². The lowest BCUT2D eigenvalue weighted by atomic mass is 9.74. The molecule has 0 atom stereocenters. The lowest BCUT2D eigenvalue weighted by Gasteiger charge is -2.23. The van der Waals surface area contributed by atoms with Crippen LogP contribution in [0.1, 0.15) is 53.4 Å². The SMILES string of the molecule is CC(=O)C1(C(C)=O)CC#C/C=C/C#CCC(C(C)=O)(C(C)=O)CC#C/C=C/C#CC1. The predicted molar refractivity (Wildman–Crippen MR) is 115 cm³/mol. The molecule has 4 heteroatoms. The second kappa shape index (κ2) is 11.4. The van der Waals surface area contributed by atoms with Crippen molar-refractivity contribution >= 4 is 23.1 Å². The van der Waals surface area contributed by atoms with E-state index in [-0.39, 0.29) is 48.8 Å². The highest BCUT2D eigenvalue weighted by atomic mass is 16.2. The predicted octanol–water partition coefficient (Wildman–Crippen LogP) is 3.02. The molecule has 0 radical (unpaired) electrons. The smallest absolute Gasteiger partial charge is 0.145 e. The zero-order valence-corrected chi connectivity index (χ0v) is 17.8. The van der Waals surface area contributed by atoms with E-state index in [4.69, 9.17) is 0 Å². The van der Waals surface area contributed by atoms with E-state index >= 15 is 0 Å². The molecule has 0 aliphatic heterocycles. The van der Waals surface area contributed by atoms with Gasteiger partial charge in [0.1, 0.15) is 34.0 Å². The maximum Gasteiger partial charge on any atom is 0.145 e. The molecule has 0 amide bonds. The molecular weight excluding hydrogens is 376 g/mol. The Bertz CT molecular complexity index is 867. The molecule has 0 bridgehead atoms. The van der Waals surface area contributed by atoms with Crippen LogP contribution in [0, 0.1) is 58.2 Å². The third-order valence-electron chi connectivity index (χ3n) is 5.16. The number of carbonyl (C=O) groups is 4. The van der Waals surface area contributed by atoms with E-state index in [9.17, 15) is 19.2 Å². The van der Waals surface area contributed by atoms with Crippen LogP contribution in [-0.2, 0) is 19.2 Å². The largest absolute Gasteiger partial charge is 0.299 e. The average Bonchev–Trinajstić information content (AvgIpc) is 2.66. The molecule has 0 fully saturated rings. The van der Waals surface area contributed by atoms with Crippen LogP contribution in [0.5, 0.6) is 0 Å². The lowest BCUT2D eigenvalue weighted by Crippen LogP contribution is -2.36. The monoisotopic (exact) mass is 400 g/mol. The van der Waals surface area contributed by atoms with Crippen LogP contribution < -0.4 is 0 Å². The molecule has 0 unspecified atom stereocenters. The van der Waals surface area contributed by atoms with Crippen LogP contribution in [-0.4, -0.2) is 23.1 Å². The van der Waals surface area contributed by atoms with E-state index in [0.29, 0.717) is 0 Å². The van der Waals surface area contributed by atoms with Gasteiger partial charge in [-0.15, -0.1) is 0 Å². The number of hydrogen-bond acceptors (Lipinski definition) is 4. The van der Waals surface area contributed by atoms with Crippen molar-refractivity contribution in [3.63, 3.8) is 0 Å².